The molecule has 2 aromatic rings. The van der Waals surface area contributed by atoms with Gasteiger partial charge in [-0.05, 0) is 23.8 Å². The standard InChI is InChI=1S/C15H13Cl2FO2/c1-20-10-5-6-11(13(18)8-10)14(19)7-9-3-2-4-12(16)15(9)17/h2-6,8,14,19H,7H2,1H3. The molecule has 0 aliphatic rings. The van der Waals surface area contributed by atoms with Gasteiger partial charge in [0.05, 0.1) is 23.3 Å². The molecule has 0 saturated heterocycles. The first-order chi connectivity index (χ1) is 9.52. The van der Waals surface area contributed by atoms with Gasteiger partial charge in [-0.25, -0.2) is 4.39 Å². The minimum atomic E-state index is -1.00. The fourth-order valence-electron chi connectivity index (χ4n) is 1.93. The summed E-state index contributed by atoms with van der Waals surface area (Å²) in [5.74, 6) is -0.116. The molecule has 2 aromatic carbocycles. The zero-order valence-electron chi connectivity index (χ0n) is 10.7. The third-order valence-electron chi connectivity index (χ3n) is 3.01. The zero-order valence-corrected chi connectivity index (χ0v) is 12.2. The van der Waals surface area contributed by atoms with Gasteiger partial charge in [-0.1, -0.05) is 35.3 Å². The van der Waals surface area contributed by atoms with Gasteiger partial charge < -0.3 is 9.84 Å². The minimum Gasteiger partial charge on any atom is -0.497 e. The van der Waals surface area contributed by atoms with Crippen molar-refractivity contribution in [2.75, 3.05) is 7.11 Å². The van der Waals surface area contributed by atoms with Gasteiger partial charge in [0.2, 0.25) is 0 Å². The van der Waals surface area contributed by atoms with Gasteiger partial charge >= 0.3 is 0 Å². The number of aliphatic hydroxyl groups is 1. The van der Waals surface area contributed by atoms with Crippen molar-refractivity contribution in [1.82, 2.24) is 0 Å². The first kappa shape index (κ1) is 15.1. The Kier molecular flexibility index (Phi) is 4.86. The molecule has 0 radical (unpaired) electrons. The number of halogens is 3. The van der Waals surface area contributed by atoms with Crippen molar-refractivity contribution >= 4 is 23.2 Å². The van der Waals surface area contributed by atoms with E-state index in [0.717, 1.165) is 0 Å². The summed E-state index contributed by atoms with van der Waals surface area (Å²) in [6, 6.07) is 9.48. The Bertz CT molecular complexity index is 617. The highest BCUT2D eigenvalue weighted by molar-refractivity contribution is 6.42. The van der Waals surface area contributed by atoms with E-state index in [2.05, 4.69) is 0 Å². The van der Waals surface area contributed by atoms with Crippen LogP contribution in [-0.4, -0.2) is 12.2 Å². The number of rotatable bonds is 4. The Labute approximate surface area is 126 Å². The quantitative estimate of drug-likeness (QED) is 0.905. The molecule has 0 amide bonds. The molecule has 0 aromatic heterocycles. The smallest absolute Gasteiger partial charge is 0.132 e. The molecule has 1 N–H and O–H groups in total. The number of hydrogen-bond donors (Lipinski definition) is 1. The lowest BCUT2D eigenvalue weighted by molar-refractivity contribution is 0.173. The van der Waals surface area contributed by atoms with E-state index in [1.54, 1.807) is 24.3 Å². The van der Waals surface area contributed by atoms with Crippen LogP contribution in [0.2, 0.25) is 10.0 Å². The van der Waals surface area contributed by atoms with Crippen molar-refractivity contribution in [3.05, 3.63) is 63.4 Å². The summed E-state index contributed by atoms with van der Waals surface area (Å²) in [4.78, 5) is 0. The molecule has 1 unspecified atom stereocenters. The summed E-state index contributed by atoms with van der Waals surface area (Å²) < 4.78 is 18.8. The van der Waals surface area contributed by atoms with Crippen LogP contribution in [-0.2, 0) is 6.42 Å². The topological polar surface area (TPSA) is 29.5 Å². The van der Waals surface area contributed by atoms with Crippen LogP contribution < -0.4 is 4.74 Å². The van der Waals surface area contributed by atoms with E-state index < -0.39 is 11.9 Å². The molecule has 0 spiro atoms. The summed E-state index contributed by atoms with van der Waals surface area (Å²) >= 11 is 12.0. The average molecular weight is 315 g/mol. The van der Waals surface area contributed by atoms with E-state index in [4.69, 9.17) is 27.9 Å². The monoisotopic (exact) mass is 314 g/mol. The second-order valence-corrected chi connectivity index (χ2v) is 5.11. The molecular formula is C15H13Cl2FO2. The SMILES string of the molecule is COc1ccc(C(O)Cc2cccc(Cl)c2Cl)c(F)c1. The third-order valence-corrected chi connectivity index (χ3v) is 3.87. The molecule has 0 fully saturated rings. The van der Waals surface area contributed by atoms with Crippen molar-refractivity contribution in [2.45, 2.75) is 12.5 Å². The molecule has 20 heavy (non-hydrogen) atoms. The van der Waals surface area contributed by atoms with E-state index in [0.29, 0.717) is 21.4 Å². The highest BCUT2D eigenvalue weighted by atomic mass is 35.5. The average Bonchev–Trinajstić information content (AvgIpc) is 2.43. The minimum absolute atomic E-state index is 0.183. The van der Waals surface area contributed by atoms with Gasteiger partial charge in [0, 0.05) is 18.1 Å². The summed E-state index contributed by atoms with van der Waals surface area (Å²) in [6.07, 6.45) is -0.820. The van der Waals surface area contributed by atoms with Crippen molar-refractivity contribution in [2.24, 2.45) is 0 Å². The van der Waals surface area contributed by atoms with Crippen LogP contribution >= 0.6 is 23.2 Å². The first-order valence-electron chi connectivity index (χ1n) is 5.97. The maximum absolute atomic E-state index is 13.9. The van der Waals surface area contributed by atoms with E-state index in [-0.39, 0.29) is 12.0 Å². The summed E-state index contributed by atoms with van der Waals surface area (Å²) in [6.45, 7) is 0. The molecular weight excluding hydrogens is 302 g/mol. The Morgan fingerprint density at radius 1 is 1.25 bits per heavy atom. The number of ether oxygens (including phenoxy) is 1. The van der Waals surface area contributed by atoms with E-state index in [1.807, 2.05) is 0 Å². The fourth-order valence-corrected chi connectivity index (χ4v) is 2.33. The molecule has 5 heteroatoms. The summed E-state index contributed by atoms with van der Waals surface area (Å²) in [7, 11) is 1.45. The van der Waals surface area contributed by atoms with E-state index >= 15 is 0 Å². The highest BCUT2D eigenvalue weighted by Crippen LogP contribution is 2.30. The van der Waals surface area contributed by atoms with Gasteiger partial charge in [-0.3, -0.25) is 0 Å². The maximum atomic E-state index is 13.9. The lowest BCUT2D eigenvalue weighted by Crippen LogP contribution is -2.05. The van der Waals surface area contributed by atoms with Gasteiger partial charge in [0.1, 0.15) is 11.6 Å². The third kappa shape index (κ3) is 3.23. The van der Waals surface area contributed by atoms with Gasteiger partial charge in [0.15, 0.2) is 0 Å². The number of aliphatic hydroxyl groups excluding tert-OH is 1. The molecule has 2 nitrogen and oxygen atoms in total. The number of benzene rings is 2. The largest absolute Gasteiger partial charge is 0.497 e. The highest BCUT2D eigenvalue weighted by Gasteiger charge is 2.16. The Morgan fingerprint density at radius 3 is 2.65 bits per heavy atom. The second kappa shape index (κ2) is 6.44. The van der Waals surface area contributed by atoms with Crippen molar-refractivity contribution in [3.8, 4) is 5.75 Å². The Morgan fingerprint density at radius 2 is 2.00 bits per heavy atom. The molecule has 0 bridgehead atoms. The zero-order chi connectivity index (χ0) is 14.7. The number of hydrogen-bond acceptors (Lipinski definition) is 2. The Hall–Kier alpha value is -1.29. The molecule has 0 saturated carbocycles. The van der Waals surface area contributed by atoms with Crippen LogP contribution in [0.15, 0.2) is 36.4 Å². The normalized spacial score (nSPS) is 12.2. The van der Waals surface area contributed by atoms with E-state index in [1.165, 1.54) is 19.2 Å². The van der Waals surface area contributed by atoms with Gasteiger partial charge in [0.25, 0.3) is 0 Å². The molecule has 106 valence electrons. The maximum Gasteiger partial charge on any atom is 0.132 e. The predicted octanol–water partition coefficient (Wildman–Crippen LogP) is 4.42. The van der Waals surface area contributed by atoms with Crippen LogP contribution in [0.1, 0.15) is 17.2 Å². The first-order valence-corrected chi connectivity index (χ1v) is 6.73. The lowest BCUT2D eigenvalue weighted by atomic mass is 10.0. The molecule has 0 aliphatic heterocycles. The number of methoxy groups -OCH3 is 1. The van der Waals surface area contributed by atoms with Crippen molar-refractivity contribution in [3.63, 3.8) is 0 Å². The molecule has 2 rings (SSSR count). The predicted molar refractivity (Wildman–Crippen MR) is 78.1 cm³/mol. The fraction of sp³-hybridized carbons (Fsp3) is 0.200. The van der Waals surface area contributed by atoms with Gasteiger partial charge in [-0.15, -0.1) is 0 Å². The van der Waals surface area contributed by atoms with Crippen LogP contribution in [0.25, 0.3) is 0 Å². The Balaban J connectivity index is 2.24. The molecule has 0 heterocycles. The van der Waals surface area contributed by atoms with Crippen molar-refractivity contribution < 1.29 is 14.2 Å². The van der Waals surface area contributed by atoms with Crippen LogP contribution in [0.4, 0.5) is 4.39 Å². The summed E-state index contributed by atoms with van der Waals surface area (Å²) in [5.41, 5.74) is 0.865. The lowest BCUT2D eigenvalue weighted by Gasteiger charge is -2.14. The van der Waals surface area contributed by atoms with Crippen LogP contribution in [0.3, 0.4) is 0 Å². The van der Waals surface area contributed by atoms with Crippen LogP contribution in [0.5, 0.6) is 5.75 Å². The second-order valence-electron chi connectivity index (χ2n) is 4.32. The van der Waals surface area contributed by atoms with Gasteiger partial charge in [-0.2, -0.15) is 0 Å². The van der Waals surface area contributed by atoms with Crippen molar-refractivity contribution in [1.29, 1.82) is 0 Å². The summed E-state index contributed by atoms with van der Waals surface area (Å²) in [5, 5.41) is 10.9. The molecule has 0 aliphatic carbocycles. The molecule has 1 atom stereocenters. The van der Waals surface area contributed by atoms with Crippen LogP contribution in [0, 0.1) is 5.82 Å². The van der Waals surface area contributed by atoms with E-state index in [9.17, 15) is 9.50 Å².